The number of aliphatic imine (C=N–C) groups is 1. The summed E-state index contributed by atoms with van der Waals surface area (Å²) in [5.41, 5.74) is 3.65. The summed E-state index contributed by atoms with van der Waals surface area (Å²) in [6.45, 7) is 3.91. The molecule has 0 aromatic carbocycles. The summed E-state index contributed by atoms with van der Waals surface area (Å²) in [7, 11) is 0. The predicted octanol–water partition coefficient (Wildman–Crippen LogP) is 1.13. The van der Waals surface area contributed by atoms with Gasteiger partial charge in [0.1, 0.15) is 6.04 Å². The molecule has 0 saturated carbocycles. The van der Waals surface area contributed by atoms with Gasteiger partial charge >= 0.3 is 5.92 Å². The third kappa shape index (κ3) is 1.13. The minimum Gasteiger partial charge on any atom is -0.453 e. The second-order valence-electron chi connectivity index (χ2n) is 3.38. The molecule has 0 aromatic heterocycles. The van der Waals surface area contributed by atoms with Crippen LogP contribution in [0, 0.1) is 0 Å². The molecule has 1 heterocycles. The molecule has 5 heteroatoms. The van der Waals surface area contributed by atoms with Crippen molar-refractivity contribution in [3.63, 3.8) is 0 Å². The molecule has 0 radical (unpaired) electrons. The van der Waals surface area contributed by atoms with Crippen molar-refractivity contribution in [2.45, 2.75) is 38.3 Å². The van der Waals surface area contributed by atoms with E-state index in [2.05, 4.69) is 4.99 Å². The van der Waals surface area contributed by atoms with Gasteiger partial charge in [-0.3, -0.25) is 0 Å². The highest BCUT2D eigenvalue weighted by atomic mass is 19.3. The molecular formula is C7H12F2N2O. The molecular weight excluding hydrogens is 166 g/mol. The van der Waals surface area contributed by atoms with Gasteiger partial charge in [-0.05, 0) is 20.8 Å². The van der Waals surface area contributed by atoms with E-state index in [-0.39, 0.29) is 6.02 Å². The van der Waals surface area contributed by atoms with Gasteiger partial charge in [-0.1, -0.05) is 0 Å². The average Bonchev–Trinajstić information content (AvgIpc) is 1.82. The van der Waals surface area contributed by atoms with Crippen LogP contribution in [0.4, 0.5) is 8.78 Å². The van der Waals surface area contributed by atoms with E-state index in [0.29, 0.717) is 0 Å². The van der Waals surface area contributed by atoms with Crippen LogP contribution in [-0.2, 0) is 4.74 Å². The number of halogens is 2. The predicted molar refractivity (Wildman–Crippen MR) is 41.2 cm³/mol. The Labute approximate surface area is 69.6 Å². The number of rotatable bonds is 0. The largest absolute Gasteiger partial charge is 0.453 e. The topological polar surface area (TPSA) is 47.6 Å². The van der Waals surface area contributed by atoms with Gasteiger partial charge in [0.05, 0.1) is 0 Å². The Balaban J connectivity index is 3.04. The van der Waals surface area contributed by atoms with Crippen LogP contribution in [0.5, 0.6) is 0 Å². The smallest absolute Gasteiger partial charge is 0.308 e. The molecule has 0 spiro atoms. The number of hydrogen-bond donors (Lipinski definition) is 1. The summed E-state index contributed by atoms with van der Waals surface area (Å²) in [5, 5.41) is 0. The molecule has 1 atom stereocenters. The maximum atomic E-state index is 13.3. The van der Waals surface area contributed by atoms with Gasteiger partial charge in [-0.15, -0.1) is 0 Å². The Morgan fingerprint density at radius 3 is 2.42 bits per heavy atom. The molecule has 0 aromatic rings. The van der Waals surface area contributed by atoms with Gasteiger partial charge in [-0.25, -0.2) is 4.99 Å². The van der Waals surface area contributed by atoms with Gasteiger partial charge in [0.15, 0.2) is 5.60 Å². The van der Waals surface area contributed by atoms with Gasteiger partial charge in [0, 0.05) is 0 Å². The Hall–Kier alpha value is -0.870. The highest BCUT2D eigenvalue weighted by molar-refractivity contribution is 5.73. The molecule has 3 nitrogen and oxygen atoms in total. The highest BCUT2D eigenvalue weighted by Crippen LogP contribution is 2.38. The number of nitrogens with two attached hydrogens (primary N) is 1. The van der Waals surface area contributed by atoms with E-state index in [1.807, 2.05) is 0 Å². The molecule has 0 fully saturated rings. The second-order valence-corrected chi connectivity index (χ2v) is 3.38. The van der Waals surface area contributed by atoms with E-state index in [1.165, 1.54) is 20.8 Å². The summed E-state index contributed by atoms with van der Waals surface area (Å²) in [6.07, 6.45) is 0. The zero-order valence-electron chi connectivity index (χ0n) is 7.27. The van der Waals surface area contributed by atoms with Crippen molar-refractivity contribution in [3.8, 4) is 0 Å². The van der Waals surface area contributed by atoms with Crippen molar-refractivity contribution in [1.82, 2.24) is 0 Å². The molecule has 0 aliphatic carbocycles. The maximum Gasteiger partial charge on any atom is 0.308 e. The summed E-state index contributed by atoms with van der Waals surface area (Å²) < 4.78 is 31.3. The maximum absolute atomic E-state index is 13.3. The van der Waals surface area contributed by atoms with Gasteiger partial charge < -0.3 is 10.5 Å². The SMILES string of the molecule is CC1N=C(N)OC(C)(C)C1(F)F. The lowest BCUT2D eigenvalue weighted by atomic mass is 9.94. The lowest BCUT2D eigenvalue weighted by Crippen LogP contribution is -2.57. The molecule has 0 bridgehead atoms. The quantitative estimate of drug-likeness (QED) is 0.604. The summed E-state index contributed by atoms with van der Waals surface area (Å²) >= 11 is 0. The van der Waals surface area contributed by atoms with Gasteiger partial charge in [0.25, 0.3) is 6.02 Å². The Morgan fingerprint density at radius 2 is 2.00 bits per heavy atom. The first-order valence-corrected chi connectivity index (χ1v) is 3.67. The van der Waals surface area contributed by atoms with Crippen molar-refractivity contribution in [2.75, 3.05) is 0 Å². The van der Waals surface area contributed by atoms with Crippen LogP contribution in [0.1, 0.15) is 20.8 Å². The van der Waals surface area contributed by atoms with Crippen LogP contribution in [0.15, 0.2) is 4.99 Å². The van der Waals surface area contributed by atoms with Crippen molar-refractivity contribution < 1.29 is 13.5 Å². The summed E-state index contributed by atoms with van der Waals surface area (Å²) in [6, 6.07) is -1.29. The number of nitrogens with zero attached hydrogens (tertiary/aromatic N) is 1. The summed E-state index contributed by atoms with van der Waals surface area (Å²) in [4.78, 5) is 3.45. The molecule has 1 unspecified atom stereocenters. The third-order valence-electron chi connectivity index (χ3n) is 2.01. The highest BCUT2D eigenvalue weighted by Gasteiger charge is 2.56. The zero-order valence-corrected chi connectivity index (χ0v) is 7.27. The van der Waals surface area contributed by atoms with Crippen LogP contribution >= 0.6 is 0 Å². The van der Waals surface area contributed by atoms with E-state index in [4.69, 9.17) is 10.5 Å². The number of alkyl halides is 2. The van der Waals surface area contributed by atoms with E-state index in [9.17, 15) is 8.78 Å². The lowest BCUT2D eigenvalue weighted by Gasteiger charge is -2.39. The van der Waals surface area contributed by atoms with E-state index in [0.717, 1.165) is 0 Å². The first-order chi connectivity index (χ1) is 5.27. The second kappa shape index (κ2) is 2.31. The molecule has 70 valence electrons. The fraction of sp³-hybridized carbons (Fsp3) is 0.857. The molecule has 0 saturated heterocycles. The molecule has 2 N–H and O–H groups in total. The van der Waals surface area contributed by atoms with Crippen molar-refractivity contribution in [3.05, 3.63) is 0 Å². The first-order valence-electron chi connectivity index (χ1n) is 3.67. The molecule has 12 heavy (non-hydrogen) atoms. The van der Waals surface area contributed by atoms with Crippen LogP contribution in [0.2, 0.25) is 0 Å². The fourth-order valence-electron chi connectivity index (χ4n) is 1.13. The first kappa shape index (κ1) is 9.22. The minimum atomic E-state index is -2.98. The number of ether oxygens (including phenoxy) is 1. The average molecular weight is 178 g/mol. The lowest BCUT2D eigenvalue weighted by molar-refractivity contribution is -0.174. The van der Waals surface area contributed by atoms with E-state index < -0.39 is 17.6 Å². The van der Waals surface area contributed by atoms with E-state index in [1.54, 1.807) is 0 Å². The van der Waals surface area contributed by atoms with E-state index >= 15 is 0 Å². The van der Waals surface area contributed by atoms with Crippen LogP contribution in [-0.4, -0.2) is 23.6 Å². The molecule has 0 amide bonds. The van der Waals surface area contributed by atoms with Crippen LogP contribution < -0.4 is 5.73 Å². The van der Waals surface area contributed by atoms with Gasteiger partial charge in [-0.2, -0.15) is 8.78 Å². The monoisotopic (exact) mass is 178 g/mol. The fourth-order valence-corrected chi connectivity index (χ4v) is 1.13. The number of hydrogen-bond acceptors (Lipinski definition) is 3. The summed E-state index contributed by atoms with van der Waals surface area (Å²) in [5.74, 6) is -2.98. The normalized spacial score (nSPS) is 32.1. The van der Waals surface area contributed by atoms with Crippen LogP contribution in [0.25, 0.3) is 0 Å². The van der Waals surface area contributed by atoms with Crippen molar-refractivity contribution >= 4 is 6.02 Å². The van der Waals surface area contributed by atoms with Crippen LogP contribution in [0.3, 0.4) is 0 Å². The molecule has 1 aliphatic heterocycles. The third-order valence-corrected chi connectivity index (χ3v) is 2.01. The van der Waals surface area contributed by atoms with Crippen molar-refractivity contribution in [1.29, 1.82) is 0 Å². The molecule has 1 aliphatic rings. The Morgan fingerprint density at radius 1 is 1.50 bits per heavy atom. The zero-order chi connectivity index (χ0) is 9.57. The Kier molecular flexibility index (Phi) is 1.77. The molecule has 1 rings (SSSR count). The minimum absolute atomic E-state index is 0.168. The number of amidine groups is 1. The Bertz CT molecular complexity index is 225. The standard InChI is InChI=1S/C7H12F2N2O/c1-4-7(8,9)6(2,3)12-5(10)11-4/h4H,1-3H3,(H2,10,11). The van der Waals surface area contributed by atoms with Crippen molar-refractivity contribution in [2.24, 2.45) is 10.7 Å². The van der Waals surface area contributed by atoms with Gasteiger partial charge in [0.2, 0.25) is 0 Å².